The zero-order valence-electron chi connectivity index (χ0n) is 9.91. The molecule has 17 heavy (non-hydrogen) atoms. The Morgan fingerprint density at radius 1 is 1.12 bits per heavy atom. The van der Waals surface area contributed by atoms with E-state index in [0.717, 1.165) is 0 Å². The van der Waals surface area contributed by atoms with E-state index in [2.05, 4.69) is 0 Å². The van der Waals surface area contributed by atoms with Crippen molar-refractivity contribution in [1.29, 1.82) is 0 Å². The average molecular weight is 262 g/mol. The highest BCUT2D eigenvalue weighted by atomic mass is 19.4. The van der Waals surface area contributed by atoms with E-state index in [1.807, 2.05) is 0 Å². The lowest BCUT2D eigenvalue weighted by molar-refractivity contribution is -0.269. The van der Waals surface area contributed by atoms with Crippen LogP contribution < -0.4 is 0 Å². The quantitative estimate of drug-likeness (QED) is 0.641. The molecule has 0 spiro atoms. The van der Waals surface area contributed by atoms with E-state index in [0.29, 0.717) is 13.3 Å². The topological polar surface area (TPSA) is 0 Å². The third kappa shape index (κ3) is 2.03. The molecule has 1 fully saturated rings. The summed E-state index contributed by atoms with van der Waals surface area (Å²) in [6, 6.07) is 0. The molecule has 1 aliphatic carbocycles. The molecule has 0 nitrogen and oxygen atoms in total. The minimum atomic E-state index is -4.80. The second-order valence-corrected chi connectivity index (χ2v) is 4.88. The van der Waals surface area contributed by atoms with E-state index in [1.54, 1.807) is 6.92 Å². The summed E-state index contributed by atoms with van der Waals surface area (Å²) in [7, 11) is 0. The van der Waals surface area contributed by atoms with Crippen molar-refractivity contribution < 1.29 is 26.3 Å². The van der Waals surface area contributed by atoms with Gasteiger partial charge < -0.3 is 0 Å². The predicted molar refractivity (Wildman–Crippen MR) is 51.3 cm³/mol. The van der Waals surface area contributed by atoms with E-state index in [4.69, 9.17) is 0 Å². The van der Waals surface area contributed by atoms with Crippen LogP contribution in [0.1, 0.15) is 33.6 Å². The average Bonchev–Trinajstić information content (AvgIpc) is 2.70. The monoisotopic (exact) mass is 262 g/mol. The second-order valence-electron chi connectivity index (χ2n) is 4.88. The maximum Gasteiger partial charge on any atom is 0.395 e. The highest BCUT2D eigenvalue weighted by Gasteiger charge is 2.80. The first-order valence-corrected chi connectivity index (χ1v) is 5.64. The number of alkyl halides is 6. The van der Waals surface area contributed by atoms with Gasteiger partial charge in [-0.1, -0.05) is 27.2 Å². The van der Waals surface area contributed by atoms with E-state index in [-0.39, 0.29) is 6.42 Å². The zero-order valence-corrected chi connectivity index (χ0v) is 9.91. The van der Waals surface area contributed by atoms with Gasteiger partial charge >= 0.3 is 12.4 Å². The Balaban J connectivity index is 3.08. The normalized spacial score (nSPS) is 35.8. The van der Waals surface area contributed by atoms with Crippen molar-refractivity contribution in [1.82, 2.24) is 0 Å². The predicted octanol–water partition coefficient (Wildman–Crippen LogP) is 4.80. The van der Waals surface area contributed by atoms with Crippen LogP contribution in [0, 0.1) is 23.2 Å². The van der Waals surface area contributed by atoms with Gasteiger partial charge in [0.15, 0.2) is 0 Å². The fourth-order valence-electron chi connectivity index (χ4n) is 3.18. The molecular formula is C11H16F6. The fourth-order valence-corrected chi connectivity index (χ4v) is 3.18. The second kappa shape index (κ2) is 4.05. The van der Waals surface area contributed by atoms with Crippen LogP contribution in [0.3, 0.4) is 0 Å². The van der Waals surface area contributed by atoms with Gasteiger partial charge in [0.25, 0.3) is 0 Å². The number of halogens is 6. The molecule has 4 unspecified atom stereocenters. The summed E-state index contributed by atoms with van der Waals surface area (Å²) >= 11 is 0. The lowest BCUT2D eigenvalue weighted by Crippen LogP contribution is -2.41. The highest BCUT2D eigenvalue weighted by Crippen LogP contribution is 2.74. The molecule has 1 saturated carbocycles. The van der Waals surface area contributed by atoms with Crippen molar-refractivity contribution in [3.05, 3.63) is 0 Å². The van der Waals surface area contributed by atoms with Crippen molar-refractivity contribution in [2.75, 3.05) is 0 Å². The first-order valence-electron chi connectivity index (χ1n) is 5.64. The summed E-state index contributed by atoms with van der Waals surface area (Å²) in [6.07, 6.45) is -8.92. The molecule has 0 heterocycles. The molecule has 0 bridgehead atoms. The van der Waals surface area contributed by atoms with Gasteiger partial charge in [-0.05, 0) is 18.3 Å². The van der Waals surface area contributed by atoms with Gasteiger partial charge in [-0.3, -0.25) is 0 Å². The SMILES string of the molecule is CCCC1C(C)C1(C(C)C(F)(F)F)C(F)(F)F. The maximum atomic E-state index is 13.0. The Labute approximate surface area is 96.4 Å². The van der Waals surface area contributed by atoms with E-state index in [1.165, 1.54) is 6.92 Å². The first kappa shape index (κ1) is 14.6. The van der Waals surface area contributed by atoms with Crippen molar-refractivity contribution in [3.63, 3.8) is 0 Å². The minimum absolute atomic E-state index is 0.196. The van der Waals surface area contributed by atoms with Gasteiger partial charge in [0.1, 0.15) is 0 Å². The number of hydrogen-bond acceptors (Lipinski definition) is 0. The Kier molecular flexibility index (Phi) is 3.49. The lowest BCUT2D eigenvalue weighted by Gasteiger charge is -2.30. The summed E-state index contributed by atoms with van der Waals surface area (Å²) in [4.78, 5) is 0. The smallest absolute Gasteiger partial charge is 0.171 e. The Morgan fingerprint density at radius 3 is 1.88 bits per heavy atom. The summed E-state index contributed by atoms with van der Waals surface area (Å²) in [5.74, 6) is -4.18. The zero-order chi connectivity index (χ0) is 13.6. The molecule has 102 valence electrons. The third-order valence-electron chi connectivity index (χ3n) is 4.16. The summed E-state index contributed by atoms with van der Waals surface area (Å²) < 4.78 is 76.8. The van der Waals surface area contributed by atoms with Crippen LogP contribution in [0.2, 0.25) is 0 Å². The van der Waals surface area contributed by atoms with E-state index >= 15 is 0 Å². The number of hydrogen-bond donors (Lipinski definition) is 0. The van der Waals surface area contributed by atoms with Gasteiger partial charge in [-0.25, -0.2) is 0 Å². The molecule has 6 heteroatoms. The largest absolute Gasteiger partial charge is 0.395 e. The summed E-state index contributed by atoms with van der Waals surface area (Å²) in [5, 5.41) is 0. The molecule has 0 amide bonds. The molecule has 1 aliphatic rings. The van der Waals surface area contributed by atoms with Gasteiger partial charge in [-0.15, -0.1) is 0 Å². The molecule has 0 saturated heterocycles. The summed E-state index contributed by atoms with van der Waals surface area (Å²) in [5.41, 5.74) is -2.57. The Morgan fingerprint density at radius 2 is 1.59 bits per heavy atom. The molecule has 0 aromatic rings. The van der Waals surface area contributed by atoms with Gasteiger partial charge in [0, 0.05) is 0 Å². The van der Waals surface area contributed by atoms with Crippen LogP contribution >= 0.6 is 0 Å². The highest BCUT2D eigenvalue weighted by molar-refractivity contribution is 5.15. The van der Waals surface area contributed by atoms with Gasteiger partial charge in [0.2, 0.25) is 0 Å². The van der Waals surface area contributed by atoms with Crippen molar-refractivity contribution in [3.8, 4) is 0 Å². The Bertz CT molecular complexity index is 279. The molecule has 0 aromatic heterocycles. The fraction of sp³-hybridized carbons (Fsp3) is 1.00. The molecule has 1 rings (SSSR count). The van der Waals surface area contributed by atoms with Crippen LogP contribution in [-0.2, 0) is 0 Å². The van der Waals surface area contributed by atoms with Gasteiger partial charge in [0.05, 0.1) is 11.3 Å². The molecule has 0 aromatic carbocycles. The van der Waals surface area contributed by atoms with Crippen LogP contribution in [0.25, 0.3) is 0 Å². The molecule has 4 atom stereocenters. The minimum Gasteiger partial charge on any atom is -0.171 e. The van der Waals surface area contributed by atoms with Gasteiger partial charge in [-0.2, -0.15) is 26.3 Å². The molecule has 0 radical (unpaired) electrons. The van der Waals surface area contributed by atoms with E-state index < -0.39 is 35.5 Å². The van der Waals surface area contributed by atoms with Crippen molar-refractivity contribution in [2.45, 2.75) is 46.0 Å². The third-order valence-corrected chi connectivity index (χ3v) is 4.16. The van der Waals surface area contributed by atoms with Crippen LogP contribution in [-0.4, -0.2) is 12.4 Å². The van der Waals surface area contributed by atoms with Crippen molar-refractivity contribution in [2.24, 2.45) is 23.2 Å². The molecular weight excluding hydrogens is 246 g/mol. The van der Waals surface area contributed by atoms with E-state index in [9.17, 15) is 26.3 Å². The van der Waals surface area contributed by atoms with Crippen LogP contribution in [0.15, 0.2) is 0 Å². The van der Waals surface area contributed by atoms with Crippen molar-refractivity contribution >= 4 is 0 Å². The first-order chi connectivity index (χ1) is 7.51. The Hall–Kier alpha value is -0.420. The van der Waals surface area contributed by atoms with Crippen LogP contribution in [0.4, 0.5) is 26.3 Å². The standard InChI is InChI=1S/C11H16F6/c1-4-5-8-6(2)9(8,11(15,16)17)7(3)10(12,13)14/h6-8H,4-5H2,1-3H3. The maximum absolute atomic E-state index is 13.0. The van der Waals surface area contributed by atoms with Crippen LogP contribution in [0.5, 0.6) is 0 Å². The number of rotatable bonds is 3. The lowest BCUT2D eigenvalue weighted by atomic mass is 9.84. The summed E-state index contributed by atoms with van der Waals surface area (Å²) in [6.45, 7) is 3.61. The molecule has 0 aliphatic heterocycles. The molecule has 0 N–H and O–H groups in total.